The maximum absolute atomic E-state index is 13.8. The highest BCUT2D eigenvalue weighted by molar-refractivity contribution is 5.13. The van der Waals surface area contributed by atoms with E-state index in [1.54, 1.807) is 0 Å². The van der Waals surface area contributed by atoms with Crippen molar-refractivity contribution in [3.8, 4) is 0 Å². The molecule has 1 aliphatic heterocycles. The van der Waals surface area contributed by atoms with Crippen LogP contribution in [0.4, 0.5) is 4.39 Å². The molecule has 0 aromatic heterocycles. The first-order valence-electron chi connectivity index (χ1n) is 5.94. The number of aliphatic hydroxyl groups excluding tert-OH is 2. The molecule has 0 saturated carbocycles. The molecule has 2 N–H and O–H groups in total. The molecular formula is C13H17FO4. The minimum Gasteiger partial charge on any atom is -0.394 e. The van der Waals surface area contributed by atoms with Crippen LogP contribution in [-0.4, -0.2) is 41.5 Å². The van der Waals surface area contributed by atoms with Gasteiger partial charge in [0, 0.05) is 6.42 Å². The third-order valence-corrected chi connectivity index (χ3v) is 2.95. The van der Waals surface area contributed by atoms with Crippen LogP contribution >= 0.6 is 0 Å². The number of benzene rings is 1. The lowest BCUT2D eigenvalue weighted by atomic mass is 10.0. The van der Waals surface area contributed by atoms with Gasteiger partial charge in [0.1, 0.15) is 12.3 Å². The molecule has 1 aliphatic rings. The van der Waals surface area contributed by atoms with Crippen LogP contribution in [0, 0.1) is 0 Å². The third kappa shape index (κ3) is 3.26. The van der Waals surface area contributed by atoms with Crippen LogP contribution < -0.4 is 0 Å². The van der Waals surface area contributed by atoms with E-state index < -0.39 is 24.7 Å². The van der Waals surface area contributed by atoms with Gasteiger partial charge in [-0.15, -0.1) is 0 Å². The van der Waals surface area contributed by atoms with Crippen molar-refractivity contribution in [3.63, 3.8) is 0 Å². The zero-order valence-corrected chi connectivity index (χ0v) is 9.91. The Kier molecular flexibility index (Phi) is 4.66. The van der Waals surface area contributed by atoms with Gasteiger partial charge >= 0.3 is 0 Å². The van der Waals surface area contributed by atoms with E-state index >= 15 is 0 Å². The molecule has 0 aliphatic carbocycles. The van der Waals surface area contributed by atoms with Gasteiger partial charge in [-0.1, -0.05) is 30.3 Å². The summed E-state index contributed by atoms with van der Waals surface area (Å²) in [6, 6.07) is 9.33. The molecule has 2 rings (SSSR count). The number of rotatable bonds is 4. The van der Waals surface area contributed by atoms with Crippen molar-refractivity contribution < 1.29 is 24.1 Å². The molecular weight excluding hydrogens is 239 g/mol. The van der Waals surface area contributed by atoms with E-state index in [0.29, 0.717) is 0 Å². The number of hydrogen-bond donors (Lipinski definition) is 2. The minimum atomic E-state index is -1.34. The second kappa shape index (κ2) is 6.24. The molecule has 4 nitrogen and oxygen atoms in total. The Hall–Kier alpha value is -1.01. The number of ether oxygens (including phenoxy) is 2. The molecule has 0 bridgehead atoms. The molecule has 0 unspecified atom stereocenters. The molecule has 0 amide bonds. The molecule has 4 atom stereocenters. The summed E-state index contributed by atoms with van der Waals surface area (Å²) in [5, 5.41) is 18.5. The Morgan fingerprint density at radius 3 is 2.67 bits per heavy atom. The average Bonchev–Trinajstić information content (AvgIpc) is 2.38. The summed E-state index contributed by atoms with van der Waals surface area (Å²) in [7, 11) is 0. The van der Waals surface area contributed by atoms with Crippen molar-refractivity contribution in [1.29, 1.82) is 0 Å². The summed E-state index contributed by atoms with van der Waals surface area (Å²) in [6.45, 7) is -0.0843. The van der Waals surface area contributed by atoms with Crippen molar-refractivity contribution in [2.45, 2.75) is 37.7 Å². The van der Waals surface area contributed by atoms with Crippen LogP contribution in [0.5, 0.6) is 0 Å². The topological polar surface area (TPSA) is 58.9 Å². The molecule has 18 heavy (non-hydrogen) atoms. The Morgan fingerprint density at radius 2 is 2.06 bits per heavy atom. The smallest absolute Gasteiger partial charge is 0.184 e. The van der Waals surface area contributed by atoms with Crippen molar-refractivity contribution >= 4 is 0 Å². The summed E-state index contributed by atoms with van der Waals surface area (Å²) >= 11 is 0. The lowest BCUT2D eigenvalue weighted by Gasteiger charge is -2.35. The highest BCUT2D eigenvalue weighted by Gasteiger charge is 2.38. The predicted molar refractivity (Wildman–Crippen MR) is 62.5 cm³/mol. The summed E-state index contributed by atoms with van der Waals surface area (Å²) in [6.07, 6.45) is -4.31. The lowest BCUT2D eigenvalue weighted by Crippen LogP contribution is -2.48. The van der Waals surface area contributed by atoms with Gasteiger partial charge in [-0.3, -0.25) is 0 Å². The van der Waals surface area contributed by atoms with Crippen LogP contribution in [0.15, 0.2) is 30.3 Å². The quantitative estimate of drug-likeness (QED) is 0.844. The molecule has 1 saturated heterocycles. The molecule has 1 aromatic carbocycles. The average molecular weight is 256 g/mol. The highest BCUT2D eigenvalue weighted by Crippen LogP contribution is 2.24. The standard InChI is InChI=1S/C13H17FO4/c14-11-6-10(7-15)18-13(16)12(11)17-8-9-4-2-1-3-5-9/h1-5,10-13,15-16H,6-8H2/t10-,11-,12-,13+/m0/s1. The molecule has 1 aromatic rings. The van der Waals surface area contributed by atoms with E-state index in [2.05, 4.69) is 0 Å². The van der Waals surface area contributed by atoms with E-state index in [1.807, 2.05) is 30.3 Å². The number of hydrogen-bond acceptors (Lipinski definition) is 4. The van der Waals surface area contributed by atoms with Gasteiger partial charge in [0.2, 0.25) is 0 Å². The molecule has 5 heteroatoms. The summed E-state index contributed by atoms with van der Waals surface area (Å²) in [4.78, 5) is 0. The van der Waals surface area contributed by atoms with E-state index in [9.17, 15) is 9.50 Å². The lowest BCUT2D eigenvalue weighted by molar-refractivity contribution is -0.256. The zero-order chi connectivity index (χ0) is 13.0. The second-order valence-electron chi connectivity index (χ2n) is 4.34. The minimum absolute atomic E-state index is 0.0347. The van der Waals surface area contributed by atoms with Gasteiger partial charge in [0.15, 0.2) is 6.29 Å². The highest BCUT2D eigenvalue weighted by atomic mass is 19.1. The van der Waals surface area contributed by atoms with Gasteiger partial charge in [-0.2, -0.15) is 0 Å². The van der Waals surface area contributed by atoms with Gasteiger partial charge in [0.25, 0.3) is 0 Å². The summed E-state index contributed by atoms with van der Waals surface area (Å²) in [5.41, 5.74) is 0.904. The van der Waals surface area contributed by atoms with Gasteiger partial charge in [0.05, 0.1) is 19.3 Å². The van der Waals surface area contributed by atoms with E-state index in [0.717, 1.165) is 5.56 Å². The summed E-state index contributed by atoms with van der Waals surface area (Å²) < 4.78 is 24.2. The van der Waals surface area contributed by atoms with Crippen molar-refractivity contribution in [1.82, 2.24) is 0 Å². The predicted octanol–water partition coefficient (Wildman–Crippen LogP) is 1.01. The third-order valence-electron chi connectivity index (χ3n) is 2.95. The van der Waals surface area contributed by atoms with E-state index in [1.165, 1.54) is 0 Å². The molecule has 100 valence electrons. The van der Waals surface area contributed by atoms with Crippen LogP contribution in [0.3, 0.4) is 0 Å². The number of halogens is 1. The zero-order valence-electron chi connectivity index (χ0n) is 9.91. The largest absolute Gasteiger partial charge is 0.394 e. The summed E-state index contributed by atoms with van der Waals surface area (Å²) in [5.74, 6) is 0. The Balaban J connectivity index is 1.89. The Bertz CT molecular complexity index is 347. The second-order valence-corrected chi connectivity index (χ2v) is 4.34. The number of aliphatic hydroxyl groups is 2. The first-order valence-corrected chi connectivity index (χ1v) is 5.94. The fraction of sp³-hybridized carbons (Fsp3) is 0.538. The first kappa shape index (κ1) is 13.4. The van der Waals surface area contributed by atoms with Gasteiger partial charge in [-0.05, 0) is 5.56 Å². The first-order chi connectivity index (χ1) is 8.70. The van der Waals surface area contributed by atoms with Crippen LogP contribution in [0.1, 0.15) is 12.0 Å². The van der Waals surface area contributed by atoms with Crippen LogP contribution in [-0.2, 0) is 16.1 Å². The van der Waals surface area contributed by atoms with E-state index in [4.69, 9.17) is 14.6 Å². The molecule has 1 fully saturated rings. The van der Waals surface area contributed by atoms with Crippen LogP contribution in [0.2, 0.25) is 0 Å². The molecule has 1 heterocycles. The fourth-order valence-electron chi connectivity index (χ4n) is 1.97. The van der Waals surface area contributed by atoms with Gasteiger partial charge < -0.3 is 19.7 Å². The van der Waals surface area contributed by atoms with E-state index in [-0.39, 0.29) is 19.6 Å². The van der Waals surface area contributed by atoms with Crippen LogP contribution in [0.25, 0.3) is 0 Å². The van der Waals surface area contributed by atoms with Crippen molar-refractivity contribution in [2.75, 3.05) is 6.61 Å². The maximum atomic E-state index is 13.8. The Labute approximate surface area is 105 Å². The SMILES string of the molecule is OC[C@@H]1C[C@H](F)[C@H](OCc2ccccc2)[C@H](O)O1. The monoisotopic (exact) mass is 256 g/mol. The Morgan fingerprint density at radius 1 is 1.33 bits per heavy atom. The normalized spacial score (nSPS) is 32.4. The maximum Gasteiger partial charge on any atom is 0.184 e. The van der Waals surface area contributed by atoms with Crippen molar-refractivity contribution in [3.05, 3.63) is 35.9 Å². The fourth-order valence-corrected chi connectivity index (χ4v) is 1.97. The van der Waals surface area contributed by atoms with Crippen molar-refractivity contribution in [2.24, 2.45) is 0 Å². The number of alkyl halides is 1. The molecule has 0 spiro atoms. The van der Waals surface area contributed by atoms with Gasteiger partial charge in [-0.25, -0.2) is 4.39 Å². The molecule has 0 radical (unpaired) electrons.